The van der Waals surface area contributed by atoms with Gasteiger partial charge in [0.15, 0.2) is 0 Å². The fourth-order valence-corrected chi connectivity index (χ4v) is 3.30. The number of carboxylic acids is 1. The smallest absolute Gasteiger partial charge is 0.308 e. The predicted octanol–water partition coefficient (Wildman–Crippen LogP) is 2.13. The third kappa shape index (κ3) is 2.20. The molecule has 1 aromatic heterocycles. The quantitative estimate of drug-likeness (QED) is 0.897. The van der Waals surface area contributed by atoms with E-state index in [0.717, 1.165) is 4.88 Å². The molecular formula is C12H15NO3S. The molecule has 1 amide bonds. The Labute approximate surface area is 104 Å². The van der Waals surface area contributed by atoms with E-state index in [1.54, 1.807) is 4.90 Å². The van der Waals surface area contributed by atoms with Gasteiger partial charge in [-0.1, -0.05) is 6.07 Å². The van der Waals surface area contributed by atoms with Crippen LogP contribution in [0.25, 0.3) is 0 Å². The van der Waals surface area contributed by atoms with E-state index >= 15 is 0 Å². The lowest BCUT2D eigenvalue weighted by Gasteiger charge is -2.38. The molecule has 1 aliphatic heterocycles. The van der Waals surface area contributed by atoms with Gasteiger partial charge >= 0.3 is 5.97 Å². The number of piperidine rings is 1. The van der Waals surface area contributed by atoms with Crippen molar-refractivity contribution in [1.82, 2.24) is 4.90 Å². The Morgan fingerprint density at radius 3 is 2.94 bits per heavy atom. The highest BCUT2D eigenvalue weighted by Crippen LogP contribution is 2.38. The Kier molecular flexibility index (Phi) is 3.47. The number of nitrogens with zero attached hydrogens (tertiary/aromatic N) is 1. The summed E-state index contributed by atoms with van der Waals surface area (Å²) in [5.74, 6) is -1.23. The molecule has 0 aromatic carbocycles. The summed E-state index contributed by atoms with van der Waals surface area (Å²) < 4.78 is 0. The van der Waals surface area contributed by atoms with E-state index in [0.29, 0.717) is 19.4 Å². The van der Waals surface area contributed by atoms with Crippen LogP contribution in [0.15, 0.2) is 17.5 Å². The van der Waals surface area contributed by atoms with Crippen LogP contribution >= 0.6 is 11.3 Å². The summed E-state index contributed by atoms with van der Waals surface area (Å²) >= 11 is 1.51. The van der Waals surface area contributed by atoms with Gasteiger partial charge in [-0.15, -0.1) is 11.3 Å². The molecule has 92 valence electrons. The van der Waals surface area contributed by atoms with Gasteiger partial charge in [0.2, 0.25) is 5.91 Å². The number of rotatable bonds is 3. The molecule has 5 heteroatoms. The highest BCUT2D eigenvalue weighted by molar-refractivity contribution is 7.10. The highest BCUT2D eigenvalue weighted by atomic mass is 32.1. The number of aliphatic carboxylic acids is 1. The van der Waals surface area contributed by atoms with Gasteiger partial charge in [0.05, 0.1) is 12.0 Å². The molecule has 0 radical (unpaired) electrons. The molecule has 1 N–H and O–H groups in total. The van der Waals surface area contributed by atoms with Crippen molar-refractivity contribution in [3.05, 3.63) is 22.4 Å². The molecule has 17 heavy (non-hydrogen) atoms. The van der Waals surface area contributed by atoms with Gasteiger partial charge in [-0.2, -0.15) is 0 Å². The summed E-state index contributed by atoms with van der Waals surface area (Å²) in [6, 6.07) is 3.51. The normalized spacial score (nSPS) is 25.0. The lowest BCUT2D eigenvalue weighted by atomic mass is 9.88. The second-order valence-electron chi connectivity index (χ2n) is 4.12. The molecule has 1 aliphatic rings. The zero-order valence-corrected chi connectivity index (χ0v) is 10.4. The van der Waals surface area contributed by atoms with Crippen molar-refractivity contribution in [2.24, 2.45) is 5.92 Å². The molecule has 0 bridgehead atoms. The van der Waals surface area contributed by atoms with Gasteiger partial charge in [-0.25, -0.2) is 0 Å². The van der Waals surface area contributed by atoms with Crippen LogP contribution in [0.2, 0.25) is 0 Å². The third-order valence-electron chi connectivity index (χ3n) is 3.20. The molecule has 0 saturated carbocycles. The van der Waals surface area contributed by atoms with Gasteiger partial charge in [0, 0.05) is 17.8 Å². The molecule has 2 heterocycles. The number of thiophene rings is 1. The number of carbonyl (C=O) groups excluding carboxylic acids is 1. The first-order chi connectivity index (χ1) is 8.15. The van der Waals surface area contributed by atoms with E-state index in [9.17, 15) is 14.7 Å². The van der Waals surface area contributed by atoms with Gasteiger partial charge in [-0.3, -0.25) is 9.59 Å². The summed E-state index contributed by atoms with van der Waals surface area (Å²) in [5, 5.41) is 11.2. The first kappa shape index (κ1) is 12.1. The van der Waals surface area contributed by atoms with Crippen LogP contribution < -0.4 is 0 Å². The third-order valence-corrected chi connectivity index (χ3v) is 4.14. The molecule has 1 aromatic rings. The van der Waals surface area contributed by atoms with E-state index in [2.05, 4.69) is 0 Å². The fourth-order valence-electron chi connectivity index (χ4n) is 2.40. The minimum atomic E-state index is -0.811. The Hall–Kier alpha value is -1.36. The van der Waals surface area contributed by atoms with E-state index in [-0.39, 0.29) is 11.9 Å². The van der Waals surface area contributed by atoms with Gasteiger partial charge in [0.1, 0.15) is 0 Å². The van der Waals surface area contributed by atoms with Crippen LogP contribution in [-0.4, -0.2) is 28.4 Å². The van der Waals surface area contributed by atoms with E-state index in [4.69, 9.17) is 0 Å². The number of hydrogen-bond donors (Lipinski definition) is 1. The Morgan fingerprint density at radius 2 is 2.41 bits per heavy atom. The standard InChI is InChI=1S/C12H15NO3S/c1-2-13-10(14)6-5-8(12(15)16)11(13)9-4-3-7-17-9/h3-4,7-8,11H,2,5-6H2,1H3,(H,15,16). The zero-order chi connectivity index (χ0) is 12.4. The Morgan fingerprint density at radius 1 is 1.65 bits per heavy atom. The average Bonchev–Trinajstić information content (AvgIpc) is 2.81. The maximum Gasteiger partial charge on any atom is 0.308 e. The summed E-state index contributed by atoms with van der Waals surface area (Å²) in [5.41, 5.74) is 0. The van der Waals surface area contributed by atoms with Crippen LogP contribution in [0.3, 0.4) is 0 Å². The SMILES string of the molecule is CCN1C(=O)CCC(C(=O)O)C1c1cccs1. The summed E-state index contributed by atoms with van der Waals surface area (Å²) in [6.07, 6.45) is 0.778. The van der Waals surface area contributed by atoms with Crippen LogP contribution in [-0.2, 0) is 9.59 Å². The number of amides is 1. The molecule has 2 rings (SSSR count). The molecule has 0 aliphatic carbocycles. The van der Waals surface area contributed by atoms with Crippen LogP contribution in [0.1, 0.15) is 30.7 Å². The van der Waals surface area contributed by atoms with E-state index in [1.807, 2.05) is 24.4 Å². The minimum Gasteiger partial charge on any atom is -0.481 e. The predicted molar refractivity (Wildman–Crippen MR) is 64.8 cm³/mol. The second kappa shape index (κ2) is 4.87. The number of hydrogen-bond acceptors (Lipinski definition) is 3. The summed E-state index contributed by atoms with van der Waals surface area (Å²) in [7, 11) is 0. The van der Waals surface area contributed by atoms with Crippen LogP contribution in [0.4, 0.5) is 0 Å². The van der Waals surface area contributed by atoms with Crippen molar-refractivity contribution in [1.29, 1.82) is 0 Å². The van der Waals surface area contributed by atoms with Gasteiger partial charge < -0.3 is 10.0 Å². The van der Waals surface area contributed by atoms with Crippen molar-refractivity contribution in [3.63, 3.8) is 0 Å². The lowest BCUT2D eigenvalue weighted by Crippen LogP contribution is -2.44. The molecule has 0 spiro atoms. The van der Waals surface area contributed by atoms with Crippen LogP contribution in [0, 0.1) is 5.92 Å². The first-order valence-corrected chi connectivity index (χ1v) is 6.58. The topological polar surface area (TPSA) is 57.6 Å². The molecular weight excluding hydrogens is 238 g/mol. The Bertz CT molecular complexity index is 413. The zero-order valence-electron chi connectivity index (χ0n) is 9.63. The van der Waals surface area contributed by atoms with E-state index in [1.165, 1.54) is 11.3 Å². The number of carbonyl (C=O) groups is 2. The molecule has 2 atom stereocenters. The maximum atomic E-state index is 11.8. The fraction of sp³-hybridized carbons (Fsp3) is 0.500. The largest absolute Gasteiger partial charge is 0.481 e. The number of carboxylic acid groups (broad SMARTS) is 1. The van der Waals surface area contributed by atoms with E-state index < -0.39 is 11.9 Å². The van der Waals surface area contributed by atoms with Crippen molar-refractivity contribution in [2.45, 2.75) is 25.8 Å². The van der Waals surface area contributed by atoms with Crippen molar-refractivity contribution < 1.29 is 14.7 Å². The van der Waals surface area contributed by atoms with Crippen LogP contribution in [0.5, 0.6) is 0 Å². The monoisotopic (exact) mass is 253 g/mol. The lowest BCUT2D eigenvalue weighted by molar-refractivity contribution is -0.151. The van der Waals surface area contributed by atoms with Crippen molar-refractivity contribution >= 4 is 23.2 Å². The Balaban J connectivity index is 2.36. The molecule has 1 saturated heterocycles. The molecule has 1 fully saturated rings. The second-order valence-corrected chi connectivity index (χ2v) is 5.10. The number of likely N-dealkylation sites (tertiary alicyclic amines) is 1. The first-order valence-electron chi connectivity index (χ1n) is 5.70. The molecule has 2 unspecified atom stereocenters. The summed E-state index contributed by atoms with van der Waals surface area (Å²) in [6.45, 7) is 2.45. The minimum absolute atomic E-state index is 0.0587. The van der Waals surface area contributed by atoms with Gasteiger partial charge in [-0.05, 0) is 24.8 Å². The average molecular weight is 253 g/mol. The van der Waals surface area contributed by atoms with Gasteiger partial charge in [0.25, 0.3) is 0 Å². The maximum absolute atomic E-state index is 11.8. The molecule has 4 nitrogen and oxygen atoms in total. The summed E-state index contributed by atoms with van der Waals surface area (Å²) in [4.78, 5) is 25.8. The highest BCUT2D eigenvalue weighted by Gasteiger charge is 2.40. The van der Waals surface area contributed by atoms with Crippen molar-refractivity contribution in [2.75, 3.05) is 6.54 Å². The van der Waals surface area contributed by atoms with Crippen molar-refractivity contribution in [3.8, 4) is 0 Å².